The summed E-state index contributed by atoms with van der Waals surface area (Å²) >= 11 is 0. The van der Waals surface area contributed by atoms with Crippen LogP contribution in [0.15, 0.2) is 121 Å². The Labute approximate surface area is 171 Å². The zero-order valence-electron chi connectivity index (χ0n) is 16.0. The van der Waals surface area contributed by atoms with E-state index in [1.165, 1.54) is 44.2 Å². The molecule has 0 saturated carbocycles. The number of hydrogen-bond donors (Lipinski definition) is 0. The summed E-state index contributed by atoms with van der Waals surface area (Å²) in [5.41, 5.74) is 7.76. The molecule has 0 aliphatic heterocycles. The number of benzene rings is 5. The third-order valence-electron chi connectivity index (χ3n) is 6.35. The molecule has 0 aromatic heterocycles. The molecular formula is C29H20. The van der Waals surface area contributed by atoms with Gasteiger partial charge >= 0.3 is 0 Å². The number of hydrogen-bond acceptors (Lipinski definition) is 0. The zero-order valence-corrected chi connectivity index (χ0v) is 16.0. The maximum Gasteiger partial charge on any atom is 0.0713 e. The average molecular weight is 368 g/mol. The monoisotopic (exact) mass is 368 g/mol. The van der Waals surface area contributed by atoms with Crippen molar-refractivity contribution in [3.8, 4) is 11.1 Å². The highest BCUT2D eigenvalue weighted by Crippen LogP contribution is 2.57. The number of rotatable bonds is 2. The molecule has 5 aromatic carbocycles. The van der Waals surface area contributed by atoms with E-state index in [0.29, 0.717) is 0 Å². The maximum absolute atomic E-state index is 2.34. The summed E-state index contributed by atoms with van der Waals surface area (Å²) in [5.74, 6) is 0. The van der Waals surface area contributed by atoms with Crippen molar-refractivity contribution >= 4 is 10.8 Å². The predicted octanol–water partition coefficient (Wildman–Crippen LogP) is 7.20. The molecule has 0 bridgehead atoms. The van der Waals surface area contributed by atoms with Crippen molar-refractivity contribution in [1.29, 1.82) is 0 Å². The average Bonchev–Trinajstić information content (AvgIpc) is 3.12. The molecule has 0 radical (unpaired) electrons. The molecule has 0 fully saturated rings. The molecule has 0 heterocycles. The Kier molecular flexibility index (Phi) is 3.48. The highest BCUT2D eigenvalue weighted by Gasteiger charge is 2.46. The third-order valence-corrected chi connectivity index (χ3v) is 6.35. The lowest BCUT2D eigenvalue weighted by Gasteiger charge is -2.33. The van der Waals surface area contributed by atoms with Crippen molar-refractivity contribution in [3.05, 3.63) is 144 Å². The van der Waals surface area contributed by atoms with E-state index in [1.807, 2.05) is 0 Å². The van der Waals surface area contributed by atoms with Gasteiger partial charge in [-0.25, -0.2) is 0 Å². The van der Waals surface area contributed by atoms with Crippen LogP contribution in [0.1, 0.15) is 22.3 Å². The van der Waals surface area contributed by atoms with Crippen LogP contribution in [0.4, 0.5) is 0 Å². The van der Waals surface area contributed by atoms with Gasteiger partial charge in [-0.05, 0) is 44.2 Å². The zero-order chi connectivity index (χ0) is 19.3. The summed E-state index contributed by atoms with van der Waals surface area (Å²) in [6.07, 6.45) is 0. The highest BCUT2D eigenvalue weighted by atomic mass is 14.5. The Morgan fingerprint density at radius 2 is 1.00 bits per heavy atom. The van der Waals surface area contributed by atoms with Gasteiger partial charge in [-0.3, -0.25) is 0 Å². The van der Waals surface area contributed by atoms with Crippen LogP contribution in [-0.4, -0.2) is 0 Å². The predicted molar refractivity (Wildman–Crippen MR) is 121 cm³/mol. The van der Waals surface area contributed by atoms with Crippen LogP contribution in [0.25, 0.3) is 21.9 Å². The fourth-order valence-electron chi connectivity index (χ4n) is 5.21. The molecule has 1 aliphatic rings. The second-order valence-electron chi connectivity index (χ2n) is 7.74. The molecule has 0 heteroatoms. The summed E-state index contributed by atoms with van der Waals surface area (Å²) in [6, 6.07) is 44.2. The van der Waals surface area contributed by atoms with Crippen molar-refractivity contribution in [2.45, 2.75) is 5.41 Å². The van der Waals surface area contributed by atoms with Crippen LogP contribution in [0.5, 0.6) is 0 Å². The van der Waals surface area contributed by atoms with Crippen LogP contribution in [0.3, 0.4) is 0 Å². The molecule has 0 unspecified atom stereocenters. The fourth-order valence-corrected chi connectivity index (χ4v) is 5.21. The molecule has 0 atom stereocenters. The van der Waals surface area contributed by atoms with Crippen LogP contribution in [-0.2, 0) is 5.41 Å². The largest absolute Gasteiger partial charge is 0.0713 e. The van der Waals surface area contributed by atoms with Crippen LogP contribution >= 0.6 is 0 Å². The SMILES string of the molecule is c1ccc(C2(c3ccccc3)c3ccccc3-c3c2ccc2ccccc32)cc1. The van der Waals surface area contributed by atoms with E-state index < -0.39 is 0 Å². The lowest BCUT2D eigenvalue weighted by atomic mass is 9.67. The minimum absolute atomic E-state index is 0.307. The molecule has 29 heavy (non-hydrogen) atoms. The van der Waals surface area contributed by atoms with Gasteiger partial charge in [0.2, 0.25) is 0 Å². The Balaban J connectivity index is 1.85. The fraction of sp³-hybridized carbons (Fsp3) is 0.0345. The van der Waals surface area contributed by atoms with Gasteiger partial charge in [0.1, 0.15) is 0 Å². The standard InChI is InChI=1S/C29H20/c1-3-12-22(13-4-1)29(23-14-5-2-6-15-23)26-18-10-9-17-25(26)28-24-16-8-7-11-21(24)19-20-27(28)29/h1-20H. The molecule has 1 aliphatic carbocycles. The smallest absolute Gasteiger partial charge is 0.0622 e. The molecule has 136 valence electrons. The van der Waals surface area contributed by atoms with Crippen molar-refractivity contribution in [2.75, 3.05) is 0 Å². The van der Waals surface area contributed by atoms with Gasteiger partial charge in [-0.1, -0.05) is 121 Å². The quantitative estimate of drug-likeness (QED) is 0.303. The van der Waals surface area contributed by atoms with Gasteiger partial charge in [-0.2, -0.15) is 0 Å². The molecule has 6 rings (SSSR count). The molecule has 0 saturated heterocycles. The first-order valence-corrected chi connectivity index (χ1v) is 10.1. The summed E-state index contributed by atoms with van der Waals surface area (Å²) in [7, 11) is 0. The van der Waals surface area contributed by atoms with Gasteiger partial charge in [0, 0.05) is 0 Å². The normalized spacial score (nSPS) is 13.8. The molecule has 0 nitrogen and oxygen atoms in total. The van der Waals surface area contributed by atoms with E-state index in [1.54, 1.807) is 0 Å². The van der Waals surface area contributed by atoms with Crippen molar-refractivity contribution in [2.24, 2.45) is 0 Å². The third kappa shape index (κ3) is 2.14. The first kappa shape index (κ1) is 16.3. The van der Waals surface area contributed by atoms with Crippen LogP contribution < -0.4 is 0 Å². The van der Waals surface area contributed by atoms with E-state index in [4.69, 9.17) is 0 Å². The van der Waals surface area contributed by atoms with Gasteiger partial charge in [0.15, 0.2) is 0 Å². The van der Waals surface area contributed by atoms with E-state index in [0.717, 1.165) is 0 Å². The highest BCUT2D eigenvalue weighted by molar-refractivity contribution is 6.03. The number of fused-ring (bicyclic) bond motifs is 5. The second-order valence-corrected chi connectivity index (χ2v) is 7.74. The first-order valence-electron chi connectivity index (χ1n) is 10.1. The van der Waals surface area contributed by atoms with Gasteiger partial charge in [0.05, 0.1) is 5.41 Å². The summed E-state index contributed by atoms with van der Waals surface area (Å²) < 4.78 is 0. The summed E-state index contributed by atoms with van der Waals surface area (Å²) in [4.78, 5) is 0. The molecule has 0 N–H and O–H groups in total. The van der Waals surface area contributed by atoms with Gasteiger partial charge in [-0.15, -0.1) is 0 Å². The Morgan fingerprint density at radius 1 is 0.414 bits per heavy atom. The Hall–Kier alpha value is -3.64. The molecule has 5 aromatic rings. The van der Waals surface area contributed by atoms with E-state index in [-0.39, 0.29) is 5.41 Å². The van der Waals surface area contributed by atoms with Crippen molar-refractivity contribution in [3.63, 3.8) is 0 Å². The Morgan fingerprint density at radius 3 is 1.72 bits per heavy atom. The summed E-state index contributed by atoms with van der Waals surface area (Å²) in [5, 5.41) is 2.61. The molecule has 0 spiro atoms. The Bertz CT molecular complexity index is 1290. The lowest BCUT2D eigenvalue weighted by Crippen LogP contribution is -2.28. The van der Waals surface area contributed by atoms with Gasteiger partial charge in [0.25, 0.3) is 0 Å². The lowest BCUT2D eigenvalue weighted by molar-refractivity contribution is 0.769. The topological polar surface area (TPSA) is 0 Å². The van der Waals surface area contributed by atoms with Crippen molar-refractivity contribution < 1.29 is 0 Å². The van der Waals surface area contributed by atoms with E-state index in [2.05, 4.69) is 121 Å². The van der Waals surface area contributed by atoms with E-state index in [9.17, 15) is 0 Å². The van der Waals surface area contributed by atoms with Gasteiger partial charge < -0.3 is 0 Å². The first-order chi connectivity index (χ1) is 14.4. The maximum atomic E-state index is 2.34. The van der Waals surface area contributed by atoms with E-state index >= 15 is 0 Å². The van der Waals surface area contributed by atoms with Crippen LogP contribution in [0, 0.1) is 0 Å². The molecular weight excluding hydrogens is 348 g/mol. The second kappa shape index (κ2) is 6.18. The molecule has 0 amide bonds. The minimum atomic E-state index is -0.307. The summed E-state index contributed by atoms with van der Waals surface area (Å²) in [6.45, 7) is 0. The minimum Gasteiger partial charge on any atom is -0.0622 e. The van der Waals surface area contributed by atoms with Crippen molar-refractivity contribution in [1.82, 2.24) is 0 Å². The van der Waals surface area contributed by atoms with Crippen LogP contribution in [0.2, 0.25) is 0 Å².